The molecule has 1 aromatic rings. The Morgan fingerprint density at radius 1 is 1.14 bits per heavy atom. The maximum absolute atomic E-state index is 12.9. The van der Waals surface area contributed by atoms with Crippen LogP contribution in [0, 0.1) is 0 Å². The summed E-state index contributed by atoms with van der Waals surface area (Å²) in [6.07, 6.45) is 5.14. The highest BCUT2D eigenvalue weighted by molar-refractivity contribution is 7.91. The van der Waals surface area contributed by atoms with Gasteiger partial charge in [0.1, 0.15) is 11.3 Å². The van der Waals surface area contributed by atoms with Crippen LogP contribution < -0.4 is 0 Å². The molecule has 2 aliphatic rings. The Morgan fingerprint density at radius 3 is 2.50 bits per heavy atom. The largest absolute Gasteiger partial charge is 0.507 e. The minimum atomic E-state index is -3.15. The number of carbonyl (C=O) groups excluding carboxylic acids is 2. The summed E-state index contributed by atoms with van der Waals surface area (Å²) in [5.41, 5.74) is -0.118. The second-order valence-electron chi connectivity index (χ2n) is 7.39. The van der Waals surface area contributed by atoms with Crippen molar-refractivity contribution in [3.05, 3.63) is 28.8 Å². The summed E-state index contributed by atoms with van der Waals surface area (Å²) in [5.74, 6) is -1.50. The number of phenolic OH excluding ortho intramolecular Hbond substituents is 1. The van der Waals surface area contributed by atoms with Crippen LogP contribution in [0.15, 0.2) is 18.2 Å². The van der Waals surface area contributed by atoms with Crippen LogP contribution in [0.2, 0.25) is 5.02 Å². The molecule has 154 valence electrons. The molecule has 1 amide bonds. The first-order valence-electron chi connectivity index (χ1n) is 9.44. The van der Waals surface area contributed by atoms with Gasteiger partial charge >= 0.3 is 5.97 Å². The van der Waals surface area contributed by atoms with Crippen LogP contribution in [-0.4, -0.2) is 60.5 Å². The summed E-state index contributed by atoms with van der Waals surface area (Å²) in [4.78, 5) is 26.8. The van der Waals surface area contributed by atoms with Gasteiger partial charge in [0, 0.05) is 17.1 Å². The second kappa shape index (κ2) is 8.69. The van der Waals surface area contributed by atoms with E-state index in [0.717, 1.165) is 32.1 Å². The molecule has 1 aliphatic heterocycles. The third-order valence-corrected chi connectivity index (χ3v) is 7.35. The lowest BCUT2D eigenvalue weighted by Gasteiger charge is -2.38. The van der Waals surface area contributed by atoms with Crippen LogP contribution in [0.5, 0.6) is 5.75 Å². The van der Waals surface area contributed by atoms with Gasteiger partial charge in [-0.05, 0) is 37.5 Å². The van der Waals surface area contributed by atoms with Crippen LogP contribution in [0.4, 0.5) is 0 Å². The van der Waals surface area contributed by atoms with E-state index in [0.29, 0.717) is 6.42 Å². The first kappa shape index (κ1) is 20.9. The van der Waals surface area contributed by atoms with Crippen molar-refractivity contribution in [3.63, 3.8) is 0 Å². The molecule has 1 N–H and O–H groups in total. The van der Waals surface area contributed by atoms with Crippen LogP contribution in [0.1, 0.15) is 48.9 Å². The minimum absolute atomic E-state index is 0.0298. The molecule has 3 rings (SSSR count). The number of ether oxygens (including phenoxy) is 1. The van der Waals surface area contributed by atoms with Crippen molar-refractivity contribution >= 4 is 33.3 Å². The molecule has 0 unspecified atom stereocenters. The summed E-state index contributed by atoms with van der Waals surface area (Å²) in [5, 5.41) is 10.1. The average Bonchev–Trinajstić information content (AvgIpc) is 3.02. The summed E-state index contributed by atoms with van der Waals surface area (Å²) < 4.78 is 28.9. The average molecular weight is 430 g/mol. The quantitative estimate of drug-likeness (QED) is 0.722. The van der Waals surface area contributed by atoms with E-state index in [4.69, 9.17) is 16.3 Å². The maximum Gasteiger partial charge on any atom is 0.342 e. The van der Waals surface area contributed by atoms with Crippen molar-refractivity contribution < 1.29 is 27.9 Å². The van der Waals surface area contributed by atoms with Gasteiger partial charge in [-0.3, -0.25) is 4.79 Å². The van der Waals surface area contributed by atoms with Crippen LogP contribution in [0.3, 0.4) is 0 Å². The van der Waals surface area contributed by atoms with Gasteiger partial charge in [-0.2, -0.15) is 0 Å². The number of hydrogen-bond acceptors (Lipinski definition) is 6. The zero-order valence-electron chi connectivity index (χ0n) is 15.5. The number of amides is 1. The first-order valence-corrected chi connectivity index (χ1v) is 11.6. The molecule has 1 saturated carbocycles. The van der Waals surface area contributed by atoms with Crippen LogP contribution >= 0.6 is 11.6 Å². The maximum atomic E-state index is 12.9. The monoisotopic (exact) mass is 429 g/mol. The van der Waals surface area contributed by atoms with Crippen molar-refractivity contribution in [2.45, 2.75) is 50.6 Å². The lowest BCUT2D eigenvalue weighted by molar-refractivity contribution is -0.140. The second-order valence-corrected chi connectivity index (χ2v) is 10.1. The van der Waals surface area contributed by atoms with Crippen molar-refractivity contribution in [1.29, 1.82) is 0 Å². The van der Waals surface area contributed by atoms with Crippen molar-refractivity contribution in [2.75, 3.05) is 18.1 Å². The minimum Gasteiger partial charge on any atom is -0.507 e. The van der Waals surface area contributed by atoms with Crippen LogP contribution in [0.25, 0.3) is 0 Å². The zero-order chi connectivity index (χ0) is 20.3. The zero-order valence-corrected chi connectivity index (χ0v) is 17.0. The Hall–Kier alpha value is -1.80. The number of sulfone groups is 1. The topological polar surface area (TPSA) is 101 Å². The van der Waals surface area contributed by atoms with E-state index in [1.54, 1.807) is 4.90 Å². The molecular weight excluding hydrogens is 406 g/mol. The van der Waals surface area contributed by atoms with Gasteiger partial charge in [0.25, 0.3) is 5.91 Å². The fourth-order valence-corrected chi connectivity index (χ4v) is 5.89. The number of aromatic hydroxyl groups is 1. The molecule has 2 fully saturated rings. The number of rotatable bonds is 5. The molecule has 1 atom stereocenters. The fourth-order valence-electron chi connectivity index (χ4n) is 4.01. The molecule has 1 aliphatic carbocycles. The predicted molar refractivity (Wildman–Crippen MR) is 104 cm³/mol. The van der Waals surface area contributed by atoms with Gasteiger partial charge < -0.3 is 14.7 Å². The third-order valence-electron chi connectivity index (χ3n) is 5.36. The van der Waals surface area contributed by atoms with E-state index >= 15 is 0 Å². The number of halogens is 1. The standard InChI is InChI=1S/C19H24ClNO6S/c20-13-6-7-17(22)16(10-13)19(24)27-11-18(23)21(14-4-2-1-3-5-14)15-8-9-28(25,26)12-15/h6-7,10,14-15,22H,1-5,8-9,11-12H2/t15-/m0/s1. The SMILES string of the molecule is O=C(OCC(=O)N(C1CCCCC1)[C@H]1CCS(=O)(=O)C1)c1cc(Cl)ccc1O. The highest BCUT2D eigenvalue weighted by atomic mass is 35.5. The molecule has 1 saturated heterocycles. The Morgan fingerprint density at radius 2 is 1.86 bits per heavy atom. The van der Waals surface area contributed by atoms with Crippen molar-refractivity contribution in [3.8, 4) is 5.75 Å². The molecule has 1 aromatic carbocycles. The molecule has 0 aromatic heterocycles. The lowest BCUT2D eigenvalue weighted by Crippen LogP contribution is -2.50. The Bertz CT molecular complexity index is 850. The summed E-state index contributed by atoms with van der Waals surface area (Å²) in [6, 6.07) is 3.58. The number of esters is 1. The van der Waals surface area contributed by atoms with Crippen molar-refractivity contribution in [1.82, 2.24) is 4.90 Å². The predicted octanol–water partition coefficient (Wildman–Crippen LogP) is 2.55. The molecule has 0 spiro atoms. The summed E-state index contributed by atoms with van der Waals surface area (Å²) >= 11 is 5.84. The molecule has 9 heteroatoms. The van der Waals surface area contributed by atoms with Gasteiger partial charge in [-0.1, -0.05) is 30.9 Å². The molecule has 1 heterocycles. The molecule has 0 radical (unpaired) electrons. The molecular formula is C19H24ClNO6S. The lowest BCUT2D eigenvalue weighted by atomic mass is 9.93. The van der Waals surface area contributed by atoms with E-state index in [1.165, 1.54) is 18.2 Å². The normalized spacial score (nSPS) is 22.0. The molecule has 7 nitrogen and oxygen atoms in total. The number of hydrogen-bond donors (Lipinski definition) is 1. The fraction of sp³-hybridized carbons (Fsp3) is 0.579. The van der Waals surface area contributed by atoms with E-state index in [1.807, 2.05) is 0 Å². The van der Waals surface area contributed by atoms with Crippen molar-refractivity contribution in [2.24, 2.45) is 0 Å². The van der Waals surface area contributed by atoms with Crippen LogP contribution in [-0.2, 0) is 19.4 Å². The Labute approximate surface area is 169 Å². The van der Waals surface area contributed by atoms with Gasteiger partial charge in [0.05, 0.1) is 11.5 Å². The van der Waals surface area contributed by atoms with E-state index in [9.17, 15) is 23.1 Å². The number of benzene rings is 1. The Balaban J connectivity index is 1.70. The number of carbonyl (C=O) groups is 2. The number of phenols is 1. The Kier molecular flexibility index (Phi) is 6.50. The smallest absolute Gasteiger partial charge is 0.342 e. The summed E-state index contributed by atoms with van der Waals surface area (Å²) in [7, 11) is -3.15. The van der Waals surface area contributed by atoms with Gasteiger partial charge in [-0.25, -0.2) is 13.2 Å². The third kappa shape index (κ3) is 4.97. The highest BCUT2D eigenvalue weighted by Gasteiger charge is 2.38. The summed E-state index contributed by atoms with van der Waals surface area (Å²) in [6.45, 7) is -0.502. The van der Waals surface area contributed by atoms with Gasteiger partial charge in [-0.15, -0.1) is 0 Å². The first-order chi connectivity index (χ1) is 13.3. The number of nitrogens with zero attached hydrogens (tertiary/aromatic N) is 1. The van der Waals surface area contributed by atoms with E-state index in [-0.39, 0.29) is 39.9 Å². The van der Waals surface area contributed by atoms with Gasteiger partial charge in [0.2, 0.25) is 0 Å². The molecule has 28 heavy (non-hydrogen) atoms. The van der Waals surface area contributed by atoms with E-state index < -0.39 is 28.3 Å². The highest BCUT2D eigenvalue weighted by Crippen LogP contribution is 2.29. The molecule has 0 bridgehead atoms. The van der Waals surface area contributed by atoms with E-state index in [2.05, 4.69) is 0 Å². The van der Waals surface area contributed by atoms with Gasteiger partial charge in [0.15, 0.2) is 16.4 Å².